The predicted molar refractivity (Wildman–Crippen MR) is 213 cm³/mol. The maximum absolute atomic E-state index is 14.7. The molecule has 2 aliphatic heterocycles. The van der Waals surface area contributed by atoms with Gasteiger partial charge in [-0.1, -0.05) is 35.9 Å². The first kappa shape index (κ1) is 40.6. The SMILES string of the molecule is C=CCc1cccc([C@H]2C3=CC[C@@H]4C(=O)N(c5cc([N+](=O)[O-])c(N(C)C)c([N+](=O)[O-])c5)C(=O)[C@@H]4[C@@H]3C[C@H]3C(=O)N(c4cc([N+](=O)[O-])c(N(C)C)c([N+](=O)[O-])c4)C(=O)[C@@H]23)c1O. The molecule has 7 rings (SSSR count). The lowest BCUT2D eigenvalue weighted by Crippen LogP contribution is -2.43. The third-order valence-corrected chi connectivity index (χ3v) is 11.8. The Hall–Kier alpha value is -7.58. The molecule has 2 heterocycles. The van der Waals surface area contributed by atoms with Crippen molar-refractivity contribution in [3.05, 3.63) is 118 Å². The highest BCUT2D eigenvalue weighted by atomic mass is 16.6. The smallest absolute Gasteiger partial charge is 0.301 e. The number of allylic oxidation sites excluding steroid dienone is 3. The maximum atomic E-state index is 14.7. The Labute approximate surface area is 339 Å². The van der Waals surface area contributed by atoms with E-state index in [1.165, 1.54) is 34.3 Å². The van der Waals surface area contributed by atoms with E-state index in [1.807, 2.05) is 0 Å². The van der Waals surface area contributed by atoms with E-state index in [-0.39, 0.29) is 42.0 Å². The fourth-order valence-electron chi connectivity index (χ4n) is 9.54. The van der Waals surface area contributed by atoms with E-state index >= 15 is 0 Å². The van der Waals surface area contributed by atoms with Crippen LogP contribution in [0.4, 0.5) is 45.5 Å². The van der Waals surface area contributed by atoms with Gasteiger partial charge in [-0.05, 0) is 30.7 Å². The van der Waals surface area contributed by atoms with Gasteiger partial charge in [0.05, 0.1) is 54.7 Å². The molecule has 60 heavy (non-hydrogen) atoms. The van der Waals surface area contributed by atoms with Crippen LogP contribution in [0.5, 0.6) is 5.75 Å². The predicted octanol–water partition coefficient (Wildman–Crippen LogP) is 4.93. The number of fused-ring (bicyclic) bond motifs is 4. The summed E-state index contributed by atoms with van der Waals surface area (Å²) in [5.74, 6) is -10.6. The van der Waals surface area contributed by atoms with Gasteiger partial charge in [0, 0.05) is 63.9 Å². The minimum atomic E-state index is -1.29. The Balaban J connectivity index is 1.38. The number of aromatic hydroxyl groups is 1. The summed E-state index contributed by atoms with van der Waals surface area (Å²) >= 11 is 0. The number of carbonyl (C=O) groups excluding carboxylic acids is 4. The number of para-hydroxylation sites is 1. The van der Waals surface area contributed by atoms with Gasteiger partial charge in [-0.15, -0.1) is 6.58 Å². The molecule has 4 aliphatic rings. The van der Waals surface area contributed by atoms with E-state index in [4.69, 9.17) is 0 Å². The first-order valence-electron chi connectivity index (χ1n) is 18.5. The molecule has 3 fully saturated rings. The number of rotatable bonds is 11. The molecule has 6 atom stereocenters. The molecule has 0 radical (unpaired) electrons. The highest BCUT2D eigenvalue weighted by Gasteiger charge is 2.63. The van der Waals surface area contributed by atoms with Crippen LogP contribution in [0.3, 0.4) is 0 Å². The molecular formula is C39H36N8O13. The summed E-state index contributed by atoms with van der Waals surface area (Å²) in [6.07, 6.45) is 3.08. The molecule has 0 aromatic heterocycles. The van der Waals surface area contributed by atoms with Gasteiger partial charge in [-0.3, -0.25) is 59.6 Å². The number of nitrogens with zero attached hydrogens (tertiary/aromatic N) is 8. The molecule has 0 unspecified atom stereocenters. The summed E-state index contributed by atoms with van der Waals surface area (Å²) in [4.78, 5) is 107. The fourth-order valence-corrected chi connectivity index (χ4v) is 9.54. The summed E-state index contributed by atoms with van der Waals surface area (Å²) in [6.45, 7) is 3.73. The lowest BCUT2D eigenvalue weighted by molar-refractivity contribution is -0.392. The number of carbonyl (C=O) groups is 4. The topological polar surface area (TPSA) is 274 Å². The summed E-state index contributed by atoms with van der Waals surface area (Å²) < 4.78 is 0. The Morgan fingerprint density at radius 2 is 1.15 bits per heavy atom. The van der Waals surface area contributed by atoms with Crippen LogP contribution in [-0.2, 0) is 25.6 Å². The molecule has 2 saturated heterocycles. The molecule has 3 aromatic rings. The highest BCUT2D eigenvalue weighted by molar-refractivity contribution is 6.24. The molecule has 3 aromatic carbocycles. The number of amides is 4. The van der Waals surface area contributed by atoms with Crippen molar-refractivity contribution in [2.24, 2.45) is 29.6 Å². The molecule has 21 nitrogen and oxygen atoms in total. The molecular weight excluding hydrogens is 788 g/mol. The monoisotopic (exact) mass is 824 g/mol. The number of phenolic OH excluding ortho intramolecular Hbond substituents is 1. The van der Waals surface area contributed by atoms with E-state index in [9.17, 15) is 64.7 Å². The summed E-state index contributed by atoms with van der Waals surface area (Å²) in [6, 6.07) is 8.39. The first-order chi connectivity index (χ1) is 28.3. The zero-order valence-electron chi connectivity index (χ0n) is 32.4. The highest BCUT2D eigenvalue weighted by Crippen LogP contribution is 2.60. The van der Waals surface area contributed by atoms with Crippen LogP contribution in [-0.4, -0.2) is 76.6 Å². The number of hydrogen-bond acceptors (Lipinski definition) is 15. The number of nitro benzene ring substituents is 4. The standard InChI is InChI=1S/C39H36N8O13/c1-6-8-18-9-7-10-22(35(18)48)30-21-11-12-23-31(38(51)42(36(23)49)19-13-26(44(53)54)33(40(2)3)27(14-19)45(55)56)24(21)17-25-32(30)39(52)43(37(25)50)20-15-28(46(57)58)34(41(4)5)29(16-20)47(59)60/h6-7,9-11,13-16,23-25,30-32,48H,1,8,12,17H2,2-5H3/t23-,24+,25+,30+,31-,32+/m0/s1. The van der Waals surface area contributed by atoms with Gasteiger partial charge in [0.25, 0.3) is 0 Å². The number of anilines is 4. The van der Waals surface area contributed by atoms with Gasteiger partial charge in [0.1, 0.15) is 5.75 Å². The van der Waals surface area contributed by atoms with Crippen molar-refractivity contribution < 1.29 is 44.0 Å². The number of phenols is 1. The van der Waals surface area contributed by atoms with Crippen molar-refractivity contribution in [1.82, 2.24) is 0 Å². The molecule has 1 saturated carbocycles. The Morgan fingerprint density at radius 3 is 1.58 bits per heavy atom. The Kier molecular flexibility index (Phi) is 9.92. The van der Waals surface area contributed by atoms with E-state index < -0.39 is 113 Å². The molecule has 2 aliphatic carbocycles. The summed E-state index contributed by atoms with van der Waals surface area (Å²) in [7, 11) is 5.43. The van der Waals surface area contributed by atoms with Gasteiger partial charge >= 0.3 is 22.7 Å². The van der Waals surface area contributed by atoms with Crippen LogP contribution in [0.25, 0.3) is 0 Å². The lowest BCUT2D eigenvalue weighted by Gasteiger charge is -2.44. The largest absolute Gasteiger partial charge is 0.507 e. The second-order valence-electron chi connectivity index (χ2n) is 15.4. The first-order valence-corrected chi connectivity index (χ1v) is 18.5. The normalized spacial score (nSPS) is 23.1. The molecule has 0 bridgehead atoms. The van der Waals surface area contributed by atoms with E-state index in [1.54, 1.807) is 24.3 Å². The molecule has 0 spiro atoms. The van der Waals surface area contributed by atoms with Crippen LogP contribution >= 0.6 is 0 Å². The van der Waals surface area contributed by atoms with Crippen LogP contribution in [0.2, 0.25) is 0 Å². The van der Waals surface area contributed by atoms with Crippen molar-refractivity contribution in [2.45, 2.75) is 25.2 Å². The third-order valence-electron chi connectivity index (χ3n) is 11.8. The van der Waals surface area contributed by atoms with Crippen molar-refractivity contribution in [3.63, 3.8) is 0 Å². The lowest BCUT2D eigenvalue weighted by atomic mass is 9.57. The second kappa shape index (κ2) is 14.7. The van der Waals surface area contributed by atoms with Crippen molar-refractivity contribution >= 4 is 69.1 Å². The van der Waals surface area contributed by atoms with Gasteiger partial charge in [-0.2, -0.15) is 0 Å². The number of nitro groups is 4. The summed E-state index contributed by atoms with van der Waals surface area (Å²) in [5, 5.41) is 60.5. The maximum Gasteiger partial charge on any atom is 0.301 e. The van der Waals surface area contributed by atoms with Crippen LogP contribution in [0.1, 0.15) is 29.9 Å². The molecule has 1 N–H and O–H groups in total. The van der Waals surface area contributed by atoms with Crippen LogP contribution in [0, 0.1) is 70.0 Å². The fraction of sp³-hybridized carbons (Fsp3) is 0.333. The number of benzene rings is 3. The third kappa shape index (κ3) is 6.07. The Morgan fingerprint density at radius 1 is 0.700 bits per heavy atom. The van der Waals surface area contributed by atoms with Crippen molar-refractivity contribution in [2.75, 3.05) is 47.8 Å². The minimum absolute atomic E-state index is 0.0885. The average Bonchev–Trinajstić information content (AvgIpc) is 3.60. The van der Waals surface area contributed by atoms with Gasteiger partial charge in [-0.25, -0.2) is 9.80 Å². The molecule has 4 amide bonds. The zero-order valence-corrected chi connectivity index (χ0v) is 32.4. The second-order valence-corrected chi connectivity index (χ2v) is 15.4. The number of imide groups is 2. The quantitative estimate of drug-likeness (QED) is 0.116. The van der Waals surface area contributed by atoms with E-state index in [0.29, 0.717) is 20.9 Å². The molecule has 310 valence electrons. The van der Waals surface area contributed by atoms with Crippen molar-refractivity contribution in [1.29, 1.82) is 0 Å². The van der Waals surface area contributed by atoms with E-state index in [2.05, 4.69) is 6.58 Å². The average molecular weight is 825 g/mol. The molecule has 21 heteroatoms. The van der Waals surface area contributed by atoms with E-state index in [0.717, 1.165) is 34.1 Å². The van der Waals surface area contributed by atoms with Gasteiger partial charge < -0.3 is 14.9 Å². The van der Waals surface area contributed by atoms with Gasteiger partial charge in [0.15, 0.2) is 11.4 Å². The summed E-state index contributed by atoms with van der Waals surface area (Å²) in [5.41, 5.74) is -3.53. The minimum Gasteiger partial charge on any atom is -0.507 e. The van der Waals surface area contributed by atoms with Crippen molar-refractivity contribution in [3.8, 4) is 5.75 Å². The zero-order chi connectivity index (χ0) is 43.8. The number of hydrogen-bond donors (Lipinski definition) is 1. The van der Waals surface area contributed by atoms with Crippen LogP contribution in [0.15, 0.2) is 66.8 Å². The van der Waals surface area contributed by atoms with Crippen LogP contribution < -0.4 is 19.6 Å². The van der Waals surface area contributed by atoms with Gasteiger partial charge in [0.2, 0.25) is 23.6 Å². The Bertz CT molecular complexity index is 2460.